The molecule has 4 heteroatoms. The van der Waals surface area contributed by atoms with Crippen LogP contribution in [-0.4, -0.2) is 30.3 Å². The van der Waals surface area contributed by atoms with Gasteiger partial charge >= 0.3 is 0 Å². The molecule has 2 fully saturated rings. The van der Waals surface area contributed by atoms with Crippen molar-refractivity contribution in [3.05, 3.63) is 29.3 Å². The summed E-state index contributed by atoms with van der Waals surface area (Å²) in [6.07, 6.45) is 9.86. The SMILES string of the molecule is COc1ccc2c(c1)C1(CCNC(=O)C3CCC3)CCCCC1(O)CC2. The first kappa shape index (κ1) is 17.8. The number of hydrogen-bond donors (Lipinski definition) is 2. The van der Waals surface area contributed by atoms with Gasteiger partial charge in [0.25, 0.3) is 0 Å². The van der Waals surface area contributed by atoms with Crippen LogP contribution < -0.4 is 10.1 Å². The molecular formula is C22H31NO3. The summed E-state index contributed by atoms with van der Waals surface area (Å²) in [5.74, 6) is 1.28. The molecule has 3 aliphatic carbocycles. The quantitative estimate of drug-likeness (QED) is 0.848. The van der Waals surface area contributed by atoms with E-state index in [0.29, 0.717) is 6.54 Å². The summed E-state index contributed by atoms with van der Waals surface area (Å²) in [7, 11) is 1.70. The summed E-state index contributed by atoms with van der Waals surface area (Å²) in [5, 5.41) is 14.8. The zero-order valence-corrected chi connectivity index (χ0v) is 15.9. The number of nitrogens with one attached hydrogen (secondary N) is 1. The zero-order chi connectivity index (χ0) is 18.2. The maximum Gasteiger partial charge on any atom is 0.223 e. The summed E-state index contributed by atoms with van der Waals surface area (Å²) in [6, 6.07) is 6.33. The van der Waals surface area contributed by atoms with Crippen LogP contribution in [0.3, 0.4) is 0 Å². The van der Waals surface area contributed by atoms with Gasteiger partial charge in [0.05, 0.1) is 12.7 Å². The van der Waals surface area contributed by atoms with Gasteiger partial charge in [-0.15, -0.1) is 0 Å². The standard InChI is InChI=1S/C22H31NO3/c1-26-18-8-7-16-9-12-22(25)11-3-2-10-21(22,19(16)15-18)13-14-23-20(24)17-5-4-6-17/h7-8,15,17,25H,2-6,9-14H2,1H3,(H,23,24). The van der Waals surface area contributed by atoms with Crippen LogP contribution in [0.1, 0.15) is 68.9 Å². The maximum absolute atomic E-state index is 12.3. The molecule has 0 bridgehead atoms. The first-order chi connectivity index (χ1) is 12.6. The minimum atomic E-state index is -0.661. The van der Waals surface area contributed by atoms with E-state index in [4.69, 9.17) is 4.74 Å². The number of methoxy groups -OCH3 is 1. The Hall–Kier alpha value is -1.55. The van der Waals surface area contributed by atoms with Gasteiger partial charge in [0.15, 0.2) is 0 Å². The smallest absolute Gasteiger partial charge is 0.223 e. The molecule has 2 unspecified atom stereocenters. The highest BCUT2D eigenvalue weighted by molar-refractivity contribution is 5.79. The summed E-state index contributed by atoms with van der Waals surface area (Å²) < 4.78 is 5.48. The predicted octanol–water partition coefficient (Wildman–Crippen LogP) is 3.49. The van der Waals surface area contributed by atoms with Crippen LogP contribution in [0, 0.1) is 5.92 Å². The van der Waals surface area contributed by atoms with Gasteiger partial charge in [-0.1, -0.05) is 25.3 Å². The van der Waals surface area contributed by atoms with Crippen LogP contribution in [0.25, 0.3) is 0 Å². The van der Waals surface area contributed by atoms with Gasteiger partial charge in [-0.2, -0.15) is 0 Å². The molecule has 4 nitrogen and oxygen atoms in total. The lowest BCUT2D eigenvalue weighted by atomic mass is 9.53. The molecule has 0 aromatic heterocycles. The Morgan fingerprint density at radius 3 is 2.77 bits per heavy atom. The van der Waals surface area contributed by atoms with Crippen molar-refractivity contribution in [1.82, 2.24) is 5.32 Å². The molecule has 3 aliphatic rings. The highest BCUT2D eigenvalue weighted by Gasteiger charge is 2.54. The molecule has 142 valence electrons. The zero-order valence-electron chi connectivity index (χ0n) is 15.9. The van der Waals surface area contributed by atoms with E-state index in [1.807, 2.05) is 6.07 Å². The predicted molar refractivity (Wildman–Crippen MR) is 101 cm³/mol. The second-order valence-corrected chi connectivity index (χ2v) is 8.51. The normalized spacial score (nSPS) is 30.7. The van der Waals surface area contributed by atoms with Crippen molar-refractivity contribution in [2.45, 2.75) is 75.2 Å². The van der Waals surface area contributed by atoms with Gasteiger partial charge in [-0.25, -0.2) is 0 Å². The van der Waals surface area contributed by atoms with Gasteiger partial charge in [-0.3, -0.25) is 4.79 Å². The summed E-state index contributed by atoms with van der Waals surface area (Å²) in [5.41, 5.74) is 1.66. The van der Waals surface area contributed by atoms with Gasteiger partial charge in [-0.05, 0) is 68.2 Å². The molecule has 0 heterocycles. The van der Waals surface area contributed by atoms with E-state index >= 15 is 0 Å². The number of aryl methyl sites for hydroxylation is 1. The molecule has 0 spiro atoms. The second-order valence-electron chi connectivity index (χ2n) is 8.51. The van der Waals surface area contributed by atoms with E-state index in [1.165, 1.54) is 17.5 Å². The summed E-state index contributed by atoms with van der Waals surface area (Å²) in [6.45, 7) is 0.647. The van der Waals surface area contributed by atoms with Gasteiger partial charge < -0.3 is 15.2 Å². The lowest BCUT2D eigenvalue weighted by molar-refractivity contribution is -0.128. The Morgan fingerprint density at radius 1 is 1.23 bits per heavy atom. The molecule has 1 amide bonds. The molecule has 0 aliphatic heterocycles. The van der Waals surface area contributed by atoms with Crippen molar-refractivity contribution in [2.24, 2.45) is 5.92 Å². The fraction of sp³-hybridized carbons (Fsp3) is 0.682. The molecule has 4 rings (SSSR count). The highest BCUT2D eigenvalue weighted by Crippen LogP contribution is 2.55. The van der Waals surface area contributed by atoms with E-state index in [2.05, 4.69) is 17.4 Å². The van der Waals surface area contributed by atoms with E-state index < -0.39 is 5.60 Å². The van der Waals surface area contributed by atoms with Crippen LogP contribution in [0.4, 0.5) is 0 Å². The van der Waals surface area contributed by atoms with Crippen molar-refractivity contribution in [2.75, 3.05) is 13.7 Å². The molecular weight excluding hydrogens is 326 g/mol. The molecule has 0 saturated heterocycles. The number of rotatable bonds is 5. The Kier molecular flexibility index (Phi) is 4.72. The maximum atomic E-state index is 12.3. The highest BCUT2D eigenvalue weighted by atomic mass is 16.5. The first-order valence-electron chi connectivity index (χ1n) is 10.3. The van der Waals surface area contributed by atoms with Crippen LogP contribution in [-0.2, 0) is 16.6 Å². The molecule has 1 aromatic carbocycles. The van der Waals surface area contributed by atoms with Crippen molar-refractivity contribution in [1.29, 1.82) is 0 Å². The first-order valence-corrected chi connectivity index (χ1v) is 10.3. The second kappa shape index (κ2) is 6.88. The number of ether oxygens (including phenoxy) is 1. The van der Waals surface area contributed by atoms with Gasteiger partial charge in [0.2, 0.25) is 5.91 Å². The number of carbonyl (C=O) groups excluding carboxylic acids is 1. The van der Waals surface area contributed by atoms with Crippen LogP contribution in [0.15, 0.2) is 18.2 Å². The number of fused-ring (bicyclic) bond motifs is 3. The molecule has 26 heavy (non-hydrogen) atoms. The molecule has 2 atom stereocenters. The van der Waals surface area contributed by atoms with Crippen LogP contribution in [0.2, 0.25) is 0 Å². The lowest BCUT2D eigenvalue weighted by Gasteiger charge is -2.55. The molecule has 2 saturated carbocycles. The van der Waals surface area contributed by atoms with E-state index in [-0.39, 0.29) is 17.2 Å². The largest absolute Gasteiger partial charge is 0.497 e. The summed E-state index contributed by atoms with van der Waals surface area (Å²) in [4.78, 5) is 12.3. The third-order valence-electron chi connectivity index (χ3n) is 7.30. The van der Waals surface area contributed by atoms with Gasteiger partial charge in [0, 0.05) is 17.9 Å². The average Bonchev–Trinajstić information content (AvgIpc) is 2.60. The fourth-order valence-electron chi connectivity index (χ4n) is 5.46. The topological polar surface area (TPSA) is 58.6 Å². The van der Waals surface area contributed by atoms with Crippen molar-refractivity contribution < 1.29 is 14.6 Å². The number of carbonyl (C=O) groups is 1. The molecule has 1 aromatic rings. The number of benzene rings is 1. The van der Waals surface area contributed by atoms with E-state index in [9.17, 15) is 9.90 Å². The lowest BCUT2D eigenvalue weighted by Crippen LogP contribution is -2.57. The van der Waals surface area contributed by atoms with E-state index in [0.717, 1.165) is 63.5 Å². The van der Waals surface area contributed by atoms with E-state index in [1.54, 1.807) is 7.11 Å². The molecule has 0 radical (unpaired) electrons. The monoisotopic (exact) mass is 357 g/mol. The van der Waals surface area contributed by atoms with Crippen molar-refractivity contribution >= 4 is 5.91 Å². The Labute approximate surface area is 156 Å². The van der Waals surface area contributed by atoms with Gasteiger partial charge in [0.1, 0.15) is 5.75 Å². The molecule has 2 N–H and O–H groups in total. The number of amides is 1. The van der Waals surface area contributed by atoms with Crippen molar-refractivity contribution in [3.8, 4) is 5.75 Å². The fourth-order valence-corrected chi connectivity index (χ4v) is 5.46. The Morgan fingerprint density at radius 2 is 2.04 bits per heavy atom. The third kappa shape index (κ3) is 2.83. The summed E-state index contributed by atoms with van der Waals surface area (Å²) >= 11 is 0. The number of aliphatic hydroxyl groups is 1. The third-order valence-corrected chi connectivity index (χ3v) is 7.30. The Bertz CT molecular complexity index is 684. The van der Waals surface area contributed by atoms with Crippen LogP contribution in [0.5, 0.6) is 5.75 Å². The number of hydrogen-bond acceptors (Lipinski definition) is 3. The minimum Gasteiger partial charge on any atom is -0.497 e. The minimum absolute atomic E-state index is 0.202. The average molecular weight is 357 g/mol. The van der Waals surface area contributed by atoms with Crippen LogP contribution >= 0.6 is 0 Å². The Balaban J connectivity index is 1.61. The van der Waals surface area contributed by atoms with Crippen molar-refractivity contribution in [3.63, 3.8) is 0 Å².